The van der Waals surface area contributed by atoms with Gasteiger partial charge in [0.15, 0.2) is 11.5 Å². The van der Waals surface area contributed by atoms with Crippen molar-refractivity contribution in [2.24, 2.45) is 11.3 Å². The molecule has 22 heavy (non-hydrogen) atoms. The van der Waals surface area contributed by atoms with Gasteiger partial charge in [-0.25, -0.2) is 0 Å². The summed E-state index contributed by atoms with van der Waals surface area (Å²) < 4.78 is 12.1. The molecular formula is C18H27NO3. The Kier molecular flexibility index (Phi) is 3.39. The van der Waals surface area contributed by atoms with E-state index >= 15 is 0 Å². The van der Waals surface area contributed by atoms with Crippen LogP contribution in [0, 0.1) is 11.3 Å². The first-order chi connectivity index (χ1) is 10.5. The summed E-state index contributed by atoms with van der Waals surface area (Å²) in [4.78, 5) is 15.1. The van der Waals surface area contributed by atoms with Crippen molar-refractivity contribution in [2.45, 2.75) is 58.1 Å². The molecular weight excluding hydrogens is 278 g/mol. The van der Waals surface area contributed by atoms with Crippen LogP contribution in [0.15, 0.2) is 11.3 Å². The summed E-state index contributed by atoms with van der Waals surface area (Å²) in [7, 11) is 0. The first kappa shape index (κ1) is 14.7. The van der Waals surface area contributed by atoms with Crippen molar-refractivity contribution in [3.05, 3.63) is 11.3 Å². The fraction of sp³-hybridized carbons (Fsp3) is 0.833. The largest absolute Gasteiger partial charge is 0.476 e. The molecule has 0 spiro atoms. The van der Waals surface area contributed by atoms with Crippen LogP contribution in [-0.2, 0) is 14.3 Å². The van der Waals surface area contributed by atoms with Gasteiger partial charge in [-0.1, -0.05) is 13.8 Å². The van der Waals surface area contributed by atoms with Gasteiger partial charge in [0.25, 0.3) is 0 Å². The lowest BCUT2D eigenvalue weighted by atomic mass is 9.67. The summed E-state index contributed by atoms with van der Waals surface area (Å²) in [5.74, 6) is 1.78. The number of fused-ring (bicyclic) bond motifs is 3. The van der Waals surface area contributed by atoms with Gasteiger partial charge in [-0.2, -0.15) is 0 Å². The molecule has 1 saturated heterocycles. The number of rotatable bonds is 1. The van der Waals surface area contributed by atoms with Gasteiger partial charge in [0.05, 0.1) is 13.2 Å². The Labute approximate surface area is 132 Å². The molecule has 2 aliphatic heterocycles. The van der Waals surface area contributed by atoms with Crippen LogP contribution in [0.2, 0.25) is 0 Å². The van der Waals surface area contributed by atoms with Crippen molar-refractivity contribution >= 4 is 5.78 Å². The molecule has 0 aromatic heterocycles. The van der Waals surface area contributed by atoms with Gasteiger partial charge in [-0.05, 0) is 24.2 Å². The summed E-state index contributed by atoms with van der Waals surface area (Å²) in [6.45, 7) is 7.87. The van der Waals surface area contributed by atoms with Gasteiger partial charge >= 0.3 is 0 Å². The number of carbonyl (C=O) groups excluding carboxylic acids is 1. The summed E-state index contributed by atoms with van der Waals surface area (Å²) in [6, 6.07) is 0. The zero-order valence-electron chi connectivity index (χ0n) is 13.8. The van der Waals surface area contributed by atoms with Crippen LogP contribution in [0.4, 0.5) is 0 Å². The first-order valence-electron chi connectivity index (χ1n) is 8.77. The standard InChI is InChI=1S/C18H27NO3/c1-17(2)11-14(20)16-13-4-3-5-18(10-13,22-15(16)12-17)19-6-8-21-9-7-19/h13H,3-12H2,1-2H3/t13-,18-/m1/s1. The number of carbonyl (C=O) groups is 1. The number of nitrogens with zero attached hydrogens (tertiary/aromatic N) is 1. The maximum absolute atomic E-state index is 12.7. The Morgan fingerprint density at radius 3 is 2.73 bits per heavy atom. The Morgan fingerprint density at radius 2 is 1.95 bits per heavy atom. The molecule has 0 N–H and O–H groups in total. The van der Waals surface area contributed by atoms with Crippen molar-refractivity contribution in [2.75, 3.05) is 26.3 Å². The highest BCUT2D eigenvalue weighted by Crippen LogP contribution is 2.52. The molecule has 0 unspecified atom stereocenters. The highest BCUT2D eigenvalue weighted by Gasteiger charge is 2.52. The Morgan fingerprint density at radius 1 is 1.18 bits per heavy atom. The molecule has 2 bridgehead atoms. The van der Waals surface area contributed by atoms with Crippen LogP contribution in [-0.4, -0.2) is 42.7 Å². The number of allylic oxidation sites excluding steroid dienone is 2. The minimum atomic E-state index is -0.167. The molecule has 0 amide bonds. The smallest absolute Gasteiger partial charge is 0.163 e. The second kappa shape index (κ2) is 5.07. The van der Waals surface area contributed by atoms with E-state index in [2.05, 4.69) is 18.7 Å². The molecule has 1 saturated carbocycles. The third-order valence-electron chi connectivity index (χ3n) is 5.87. The third-order valence-corrected chi connectivity index (χ3v) is 5.87. The summed E-state index contributed by atoms with van der Waals surface area (Å²) in [6.07, 6.45) is 6.00. The second-order valence-electron chi connectivity index (χ2n) is 8.22. The molecule has 0 radical (unpaired) electrons. The van der Waals surface area contributed by atoms with Gasteiger partial charge in [0, 0.05) is 44.3 Å². The Hall–Kier alpha value is -0.870. The predicted molar refractivity (Wildman–Crippen MR) is 83.2 cm³/mol. The lowest BCUT2D eigenvalue weighted by molar-refractivity contribution is -0.194. The number of ketones is 1. The molecule has 4 nitrogen and oxygen atoms in total. The average molecular weight is 305 g/mol. The molecule has 122 valence electrons. The van der Waals surface area contributed by atoms with E-state index in [9.17, 15) is 4.79 Å². The monoisotopic (exact) mass is 305 g/mol. The molecule has 2 heterocycles. The molecule has 2 atom stereocenters. The average Bonchev–Trinajstić information content (AvgIpc) is 2.46. The van der Waals surface area contributed by atoms with Crippen LogP contribution in [0.25, 0.3) is 0 Å². The van der Waals surface area contributed by atoms with Crippen molar-refractivity contribution in [1.29, 1.82) is 0 Å². The topological polar surface area (TPSA) is 38.8 Å². The number of ether oxygens (including phenoxy) is 2. The van der Waals surface area contributed by atoms with Crippen molar-refractivity contribution in [1.82, 2.24) is 4.90 Å². The summed E-state index contributed by atoms with van der Waals surface area (Å²) >= 11 is 0. The minimum Gasteiger partial charge on any atom is -0.476 e. The van der Waals surface area contributed by atoms with Crippen LogP contribution >= 0.6 is 0 Å². The molecule has 4 aliphatic rings. The summed E-state index contributed by atoms with van der Waals surface area (Å²) in [5, 5.41) is 0. The second-order valence-corrected chi connectivity index (χ2v) is 8.22. The lowest BCUT2D eigenvalue weighted by Gasteiger charge is -2.54. The highest BCUT2D eigenvalue weighted by molar-refractivity contribution is 5.97. The van der Waals surface area contributed by atoms with Gasteiger partial charge in [-0.15, -0.1) is 0 Å². The zero-order chi connectivity index (χ0) is 15.4. The van der Waals surface area contributed by atoms with Gasteiger partial charge in [0.1, 0.15) is 5.76 Å². The SMILES string of the molecule is CC1(C)CC(=O)C2=C(C1)O[C@]1(N3CCOCC3)CCC[C@@H]2C1. The van der Waals surface area contributed by atoms with E-state index in [4.69, 9.17) is 9.47 Å². The highest BCUT2D eigenvalue weighted by atomic mass is 16.5. The molecule has 4 heteroatoms. The Balaban J connectivity index is 1.69. The third kappa shape index (κ3) is 2.31. The van der Waals surface area contributed by atoms with Gasteiger partial charge in [0.2, 0.25) is 0 Å². The van der Waals surface area contributed by atoms with E-state index in [0.717, 1.165) is 69.7 Å². The van der Waals surface area contributed by atoms with E-state index in [-0.39, 0.29) is 11.1 Å². The van der Waals surface area contributed by atoms with Crippen LogP contribution in [0.5, 0.6) is 0 Å². The minimum absolute atomic E-state index is 0.0355. The van der Waals surface area contributed by atoms with Gasteiger partial charge in [-0.3, -0.25) is 9.69 Å². The molecule has 4 rings (SSSR count). The maximum Gasteiger partial charge on any atom is 0.163 e. The van der Waals surface area contributed by atoms with E-state index in [1.54, 1.807) is 0 Å². The lowest BCUT2D eigenvalue weighted by Crippen LogP contribution is -2.59. The molecule has 0 aromatic carbocycles. The van der Waals surface area contributed by atoms with Crippen LogP contribution < -0.4 is 0 Å². The summed E-state index contributed by atoms with van der Waals surface area (Å²) in [5.41, 5.74) is 0.912. The van der Waals surface area contributed by atoms with E-state index < -0.39 is 0 Å². The van der Waals surface area contributed by atoms with E-state index in [1.165, 1.54) is 0 Å². The van der Waals surface area contributed by atoms with Crippen LogP contribution in [0.1, 0.15) is 52.4 Å². The van der Waals surface area contributed by atoms with Gasteiger partial charge < -0.3 is 9.47 Å². The van der Waals surface area contributed by atoms with Crippen molar-refractivity contribution < 1.29 is 14.3 Å². The maximum atomic E-state index is 12.7. The van der Waals surface area contributed by atoms with Crippen molar-refractivity contribution in [3.8, 4) is 0 Å². The number of hydrogen-bond acceptors (Lipinski definition) is 4. The fourth-order valence-electron chi connectivity index (χ4n) is 4.93. The van der Waals surface area contributed by atoms with E-state index in [1.807, 2.05) is 0 Å². The molecule has 2 aliphatic carbocycles. The quantitative estimate of drug-likeness (QED) is 0.747. The first-order valence-corrected chi connectivity index (χ1v) is 8.77. The normalized spacial score (nSPS) is 38.5. The molecule has 2 fully saturated rings. The van der Waals surface area contributed by atoms with Crippen LogP contribution in [0.3, 0.4) is 0 Å². The van der Waals surface area contributed by atoms with Crippen molar-refractivity contribution in [3.63, 3.8) is 0 Å². The fourth-order valence-corrected chi connectivity index (χ4v) is 4.93. The molecule has 0 aromatic rings. The Bertz CT molecular complexity index is 518. The number of morpholine rings is 1. The number of hydrogen-bond donors (Lipinski definition) is 0. The zero-order valence-corrected chi connectivity index (χ0v) is 13.8. The predicted octanol–water partition coefficient (Wildman–Crippen LogP) is 2.88. The number of Topliss-reactive ketones (excluding diaryl/α,β-unsaturated/α-hetero) is 1. The van der Waals surface area contributed by atoms with E-state index in [0.29, 0.717) is 18.1 Å².